The zero-order valence-corrected chi connectivity index (χ0v) is 9.40. The van der Waals surface area contributed by atoms with E-state index in [0.717, 1.165) is 13.1 Å². The van der Waals surface area contributed by atoms with Gasteiger partial charge in [-0.3, -0.25) is 4.90 Å². The SMILES string of the molecule is Cl.O=C(O)c1cc(CN2CCOCC2)on1. The molecule has 0 unspecified atom stereocenters. The molecule has 0 atom stereocenters. The highest BCUT2D eigenvalue weighted by Gasteiger charge is 2.15. The lowest BCUT2D eigenvalue weighted by atomic mass is 10.3. The van der Waals surface area contributed by atoms with Crippen molar-refractivity contribution in [2.45, 2.75) is 6.54 Å². The smallest absolute Gasteiger partial charge is 0.358 e. The second kappa shape index (κ2) is 5.83. The highest BCUT2D eigenvalue weighted by molar-refractivity contribution is 5.85. The van der Waals surface area contributed by atoms with E-state index in [2.05, 4.69) is 10.1 Å². The van der Waals surface area contributed by atoms with Gasteiger partial charge in [-0.1, -0.05) is 5.16 Å². The predicted octanol–water partition coefficient (Wildman–Crippen LogP) is 0.627. The predicted molar refractivity (Wildman–Crippen MR) is 56.8 cm³/mol. The van der Waals surface area contributed by atoms with Gasteiger partial charge in [0, 0.05) is 19.2 Å². The molecule has 1 aromatic heterocycles. The lowest BCUT2D eigenvalue weighted by molar-refractivity contribution is 0.0305. The zero-order valence-electron chi connectivity index (χ0n) is 8.59. The molecule has 1 aromatic rings. The maximum atomic E-state index is 10.6. The summed E-state index contributed by atoms with van der Waals surface area (Å²) in [5, 5.41) is 12.1. The molecule has 0 aliphatic carbocycles. The van der Waals surface area contributed by atoms with Crippen molar-refractivity contribution in [1.82, 2.24) is 10.1 Å². The molecule has 1 aliphatic rings. The number of aromatic nitrogens is 1. The molecule has 1 aliphatic heterocycles. The molecule has 16 heavy (non-hydrogen) atoms. The van der Waals surface area contributed by atoms with Gasteiger partial charge in [0.25, 0.3) is 0 Å². The van der Waals surface area contributed by atoms with Gasteiger partial charge in [-0.25, -0.2) is 4.79 Å². The van der Waals surface area contributed by atoms with Crippen LogP contribution >= 0.6 is 12.4 Å². The lowest BCUT2D eigenvalue weighted by Gasteiger charge is -2.25. The number of halogens is 1. The van der Waals surface area contributed by atoms with Gasteiger partial charge < -0.3 is 14.4 Å². The normalized spacial score (nSPS) is 16.8. The molecule has 0 radical (unpaired) electrons. The molecule has 0 spiro atoms. The fraction of sp³-hybridized carbons (Fsp3) is 0.556. The second-order valence-electron chi connectivity index (χ2n) is 3.37. The Kier molecular flexibility index (Phi) is 4.72. The van der Waals surface area contributed by atoms with Gasteiger partial charge >= 0.3 is 5.97 Å². The zero-order chi connectivity index (χ0) is 10.7. The molecule has 7 heteroatoms. The number of carboxylic acids is 1. The van der Waals surface area contributed by atoms with Crippen LogP contribution in [-0.2, 0) is 11.3 Å². The highest BCUT2D eigenvalue weighted by atomic mass is 35.5. The van der Waals surface area contributed by atoms with Crippen LogP contribution in [0.25, 0.3) is 0 Å². The monoisotopic (exact) mass is 248 g/mol. The summed E-state index contributed by atoms with van der Waals surface area (Å²) >= 11 is 0. The minimum absolute atomic E-state index is 0. The number of carboxylic acid groups (broad SMARTS) is 1. The third-order valence-corrected chi connectivity index (χ3v) is 2.26. The molecule has 0 amide bonds. The Morgan fingerprint density at radius 3 is 2.75 bits per heavy atom. The first-order valence-electron chi connectivity index (χ1n) is 4.74. The molecule has 0 bridgehead atoms. The van der Waals surface area contributed by atoms with E-state index >= 15 is 0 Å². The average Bonchev–Trinajstić information content (AvgIpc) is 2.68. The summed E-state index contributed by atoms with van der Waals surface area (Å²) in [4.78, 5) is 12.7. The Morgan fingerprint density at radius 2 is 2.19 bits per heavy atom. The maximum Gasteiger partial charge on any atom is 0.358 e. The van der Waals surface area contributed by atoms with Crippen molar-refractivity contribution in [2.75, 3.05) is 26.3 Å². The third-order valence-electron chi connectivity index (χ3n) is 2.26. The largest absolute Gasteiger partial charge is 0.476 e. The summed E-state index contributed by atoms with van der Waals surface area (Å²) in [5.74, 6) is -0.485. The molecule has 0 aromatic carbocycles. The number of carbonyl (C=O) groups is 1. The molecule has 2 rings (SSSR count). The van der Waals surface area contributed by atoms with Crippen LogP contribution < -0.4 is 0 Å². The van der Waals surface area contributed by atoms with Crippen molar-refractivity contribution in [3.63, 3.8) is 0 Å². The van der Waals surface area contributed by atoms with Crippen LogP contribution in [-0.4, -0.2) is 47.4 Å². The fourth-order valence-corrected chi connectivity index (χ4v) is 1.47. The van der Waals surface area contributed by atoms with Crippen LogP contribution in [0.5, 0.6) is 0 Å². The number of hydrogen-bond donors (Lipinski definition) is 1. The molecule has 1 N–H and O–H groups in total. The van der Waals surface area contributed by atoms with Gasteiger partial charge in [0.15, 0.2) is 11.5 Å². The van der Waals surface area contributed by atoms with Crippen molar-refractivity contribution in [3.8, 4) is 0 Å². The van der Waals surface area contributed by atoms with Crippen LogP contribution in [0.4, 0.5) is 0 Å². The number of rotatable bonds is 3. The molecular formula is C9H13ClN2O4. The lowest BCUT2D eigenvalue weighted by Crippen LogP contribution is -2.35. The van der Waals surface area contributed by atoms with Gasteiger partial charge in [0.05, 0.1) is 19.8 Å². The maximum absolute atomic E-state index is 10.6. The topological polar surface area (TPSA) is 75.8 Å². The van der Waals surface area contributed by atoms with Crippen molar-refractivity contribution in [2.24, 2.45) is 0 Å². The molecule has 2 heterocycles. The Bertz CT molecular complexity index is 349. The minimum Gasteiger partial charge on any atom is -0.476 e. The van der Waals surface area contributed by atoms with E-state index in [4.69, 9.17) is 14.4 Å². The van der Waals surface area contributed by atoms with E-state index in [1.807, 2.05) is 0 Å². The van der Waals surface area contributed by atoms with Gasteiger partial charge in [-0.2, -0.15) is 0 Å². The van der Waals surface area contributed by atoms with E-state index in [0.29, 0.717) is 25.5 Å². The Labute approximate surface area is 98.6 Å². The first-order chi connectivity index (χ1) is 7.25. The van der Waals surface area contributed by atoms with Gasteiger partial charge in [-0.15, -0.1) is 12.4 Å². The molecule has 1 saturated heterocycles. The van der Waals surface area contributed by atoms with E-state index in [1.165, 1.54) is 6.07 Å². The first kappa shape index (κ1) is 13.0. The van der Waals surface area contributed by atoms with E-state index in [1.54, 1.807) is 0 Å². The Morgan fingerprint density at radius 1 is 1.50 bits per heavy atom. The minimum atomic E-state index is -1.06. The summed E-state index contributed by atoms with van der Waals surface area (Å²) in [7, 11) is 0. The van der Waals surface area contributed by atoms with Crippen LogP contribution in [0.15, 0.2) is 10.6 Å². The standard InChI is InChI=1S/C9H12N2O4.ClH/c12-9(13)8-5-7(15-10-8)6-11-1-3-14-4-2-11;/h5H,1-4,6H2,(H,12,13);1H. The summed E-state index contributed by atoms with van der Waals surface area (Å²) in [6, 6.07) is 1.46. The van der Waals surface area contributed by atoms with Crippen LogP contribution in [0.1, 0.15) is 16.2 Å². The number of morpholine rings is 1. The first-order valence-corrected chi connectivity index (χ1v) is 4.74. The van der Waals surface area contributed by atoms with Crippen LogP contribution in [0, 0.1) is 0 Å². The quantitative estimate of drug-likeness (QED) is 0.846. The van der Waals surface area contributed by atoms with Gasteiger partial charge in [-0.05, 0) is 0 Å². The Balaban J connectivity index is 0.00000128. The summed E-state index contributed by atoms with van der Waals surface area (Å²) < 4.78 is 10.1. The number of hydrogen-bond acceptors (Lipinski definition) is 5. The van der Waals surface area contributed by atoms with Crippen molar-refractivity contribution in [3.05, 3.63) is 17.5 Å². The molecule has 90 valence electrons. The summed E-state index contributed by atoms with van der Waals surface area (Å²) in [6.07, 6.45) is 0. The van der Waals surface area contributed by atoms with E-state index in [-0.39, 0.29) is 18.1 Å². The molecule has 6 nitrogen and oxygen atoms in total. The van der Waals surface area contributed by atoms with Crippen molar-refractivity contribution in [1.29, 1.82) is 0 Å². The van der Waals surface area contributed by atoms with Crippen LogP contribution in [0.3, 0.4) is 0 Å². The second-order valence-corrected chi connectivity index (χ2v) is 3.37. The number of aromatic carboxylic acids is 1. The van der Waals surface area contributed by atoms with Crippen molar-refractivity contribution < 1.29 is 19.2 Å². The van der Waals surface area contributed by atoms with Gasteiger partial charge in [0.1, 0.15) is 0 Å². The van der Waals surface area contributed by atoms with E-state index < -0.39 is 5.97 Å². The molecular weight excluding hydrogens is 236 g/mol. The molecule has 1 fully saturated rings. The van der Waals surface area contributed by atoms with Crippen LogP contribution in [0.2, 0.25) is 0 Å². The number of ether oxygens (including phenoxy) is 1. The Hall–Kier alpha value is -1.11. The average molecular weight is 249 g/mol. The van der Waals surface area contributed by atoms with E-state index in [9.17, 15) is 4.79 Å². The highest BCUT2D eigenvalue weighted by Crippen LogP contribution is 2.08. The van der Waals surface area contributed by atoms with Crippen molar-refractivity contribution >= 4 is 18.4 Å². The van der Waals surface area contributed by atoms with Gasteiger partial charge in [0.2, 0.25) is 0 Å². The number of nitrogens with zero attached hydrogens (tertiary/aromatic N) is 2. The third kappa shape index (κ3) is 3.19. The molecule has 0 saturated carbocycles. The fourth-order valence-electron chi connectivity index (χ4n) is 1.47. The summed E-state index contributed by atoms with van der Waals surface area (Å²) in [5.41, 5.74) is -0.0433. The summed E-state index contributed by atoms with van der Waals surface area (Å²) in [6.45, 7) is 3.68.